The van der Waals surface area contributed by atoms with Crippen molar-refractivity contribution in [2.75, 3.05) is 11.9 Å². The van der Waals surface area contributed by atoms with Crippen LogP contribution in [0.3, 0.4) is 0 Å². The van der Waals surface area contributed by atoms with E-state index in [2.05, 4.69) is 10.3 Å². The molecular weight excluding hydrogens is 368 g/mol. The van der Waals surface area contributed by atoms with Crippen LogP contribution >= 0.6 is 11.6 Å². The van der Waals surface area contributed by atoms with Crippen molar-refractivity contribution >= 4 is 23.5 Å². The minimum absolute atomic E-state index is 0.00364. The molecule has 1 fully saturated rings. The number of carboxylic acid groups (broad SMARTS) is 1. The minimum atomic E-state index is -0.878. The number of anilines is 1. The van der Waals surface area contributed by atoms with Gasteiger partial charge < -0.3 is 20.1 Å². The van der Waals surface area contributed by atoms with Crippen LogP contribution < -0.4 is 10.1 Å². The fourth-order valence-electron chi connectivity index (χ4n) is 3.56. The number of nitrogens with one attached hydrogen (secondary N) is 1. The topological polar surface area (TPSA) is 98.5 Å². The Labute approximate surface area is 165 Å². The van der Waals surface area contributed by atoms with Gasteiger partial charge in [0.05, 0.1) is 11.6 Å². The van der Waals surface area contributed by atoms with Gasteiger partial charge in [-0.1, -0.05) is 11.6 Å². The first kappa shape index (κ1) is 21.1. The quantitative estimate of drug-likeness (QED) is 0.762. The van der Waals surface area contributed by atoms with Crippen molar-refractivity contribution in [2.24, 2.45) is 0 Å². The largest absolute Gasteiger partial charge is 0.477 e. The first-order valence-corrected chi connectivity index (χ1v) is 9.57. The van der Waals surface area contributed by atoms with Crippen molar-refractivity contribution in [2.45, 2.75) is 71.0 Å². The number of aromatic nitrogens is 1. The SMILES string of the molecule is CCOc1nc(NC2CCC(N(C(=O)O)C(C)(C)C)CC2)c(Cl)cc1C#N. The Bertz CT molecular complexity index is 719. The van der Waals surface area contributed by atoms with Crippen molar-refractivity contribution in [3.63, 3.8) is 0 Å². The number of carbonyl (C=O) groups is 1. The van der Waals surface area contributed by atoms with Crippen LogP contribution in [-0.2, 0) is 0 Å². The summed E-state index contributed by atoms with van der Waals surface area (Å²) in [4.78, 5) is 17.6. The zero-order valence-corrected chi connectivity index (χ0v) is 17.0. The average molecular weight is 395 g/mol. The van der Waals surface area contributed by atoms with Crippen LogP contribution in [0.5, 0.6) is 5.88 Å². The second-order valence-electron chi connectivity index (χ2n) is 7.69. The molecule has 0 aromatic carbocycles. The maximum atomic E-state index is 11.7. The van der Waals surface area contributed by atoms with Gasteiger partial charge in [0, 0.05) is 17.6 Å². The average Bonchev–Trinajstić information content (AvgIpc) is 2.57. The molecule has 27 heavy (non-hydrogen) atoms. The number of hydrogen-bond donors (Lipinski definition) is 2. The molecule has 0 unspecified atom stereocenters. The zero-order valence-electron chi connectivity index (χ0n) is 16.3. The molecule has 1 aromatic heterocycles. The van der Waals surface area contributed by atoms with E-state index in [4.69, 9.17) is 16.3 Å². The molecule has 1 aliphatic carbocycles. The summed E-state index contributed by atoms with van der Waals surface area (Å²) < 4.78 is 5.42. The highest BCUT2D eigenvalue weighted by molar-refractivity contribution is 6.33. The second-order valence-corrected chi connectivity index (χ2v) is 8.10. The van der Waals surface area contributed by atoms with E-state index in [1.165, 1.54) is 0 Å². The van der Waals surface area contributed by atoms with E-state index in [1.54, 1.807) is 11.0 Å². The third-order valence-electron chi connectivity index (χ3n) is 4.67. The lowest BCUT2D eigenvalue weighted by Crippen LogP contribution is -2.52. The molecule has 1 aliphatic rings. The van der Waals surface area contributed by atoms with Crippen LogP contribution in [0.1, 0.15) is 58.9 Å². The molecular formula is C19H27ClN4O3. The number of halogens is 1. The van der Waals surface area contributed by atoms with Gasteiger partial charge in [-0.2, -0.15) is 10.2 Å². The van der Waals surface area contributed by atoms with Crippen LogP contribution in [0.25, 0.3) is 0 Å². The van der Waals surface area contributed by atoms with Gasteiger partial charge >= 0.3 is 6.09 Å². The summed E-state index contributed by atoms with van der Waals surface area (Å²) >= 11 is 6.26. The number of ether oxygens (including phenoxy) is 1. The van der Waals surface area contributed by atoms with Gasteiger partial charge in [-0.3, -0.25) is 0 Å². The summed E-state index contributed by atoms with van der Waals surface area (Å²) in [6, 6.07) is 3.74. The summed E-state index contributed by atoms with van der Waals surface area (Å²) in [5, 5.41) is 22.4. The third-order valence-corrected chi connectivity index (χ3v) is 4.96. The molecule has 1 saturated carbocycles. The van der Waals surface area contributed by atoms with Crippen molar-refractivity contribution in [1.29, 1.82) is 5.26 Å². The van der Waals surface area contributed by atoms with Crippen LogP contribution in [0.4, 0.5) is 10.6 Å². The van der Waals surface area contributed by atoms with Crippen LogP contribution in [0.15, 0.2) is 6.07 Å². The predicted molar refractivity (Wildman–Crippen MR) is 104 cm³/mol. The van der Waals surface area contributed by atoms with Gasteiger partial charge in [0.1, 0.15) is 17.5 Å². The molecule has 1 amide bonds. The molecule has 0 atom stereocenters. The molecule has 0 saturated heterocycles. The van der Waals surface area contributed by atoms with Crippen molar-refractivity contribution in [1.82, 2.24) is 9.88 Å². The highest BCUT2D eigenvalue weighted by Gasteiger charge is 2.35. The Kier molecular flexibility index (Phi) is 6.77. The molecule has 2 rings (SSSR count). The van der Waals surface area contributed by atoms with E-state index < -0.39 is 11.6 Å². The standard InChI is InChI=1S/C19H27ClN4O3/c1-5-27-17-12(11-21)10-15(20)16(23-17)22-13-6-8-14(9-7-13)24(18(25)26)19(2,3)4/h10,13-14H,5-9H2,1-4H3,(H,22,23)(H,25,26). The Morgan fingerprint density at radius 3 is 2.56 bits per heavy atom. The molecule has 0 spiro atoms. The monoisotopic (exact) mass is 394 g/mol. The highest BCUT2D eigenvalue weighted by Crippen LogP contribution is 2.32. The lowest BCUT2D eigenvalue weighted by molar-refractivity contribution is 0.0556. The summed E-state index contributed by atoms with van der Waals surface area (Å²) in [5.74, 6) is 0.763. The zero-order chi connectivity index (χ0) is 20.2. The maximum Gasteiger partial charge on any atom is 0.407 e. The number of nitriles is 1. The van der Waals surface area contributed by atoms with E-state index in [0.29, 0.717) is 23.0 Å². The van der Waals surface area contributed by atoms with Gasteiger partial charge in [-0.15, -0.1) is 0 Å². The van der Waals surface area contributed by atoms with E-state index in [9.17, 15) is 15.2 Å². The number of hydrogen-bond acceptors (Lipinski definition) is 5. The summed E-state index contributed by atoms with van der Waals surface area (Å²) in [7, 11) is 0. The summed E-state index contributed by atoms with van der Waals surface area (Å²) in [5.41, 5.74) is -0.125. The van der Waals surface area contributed by atoms with Gasteiger partial charge in [0.25, 0.3) is 0 Å². The van der Waals surface area contributed by atoms with Gasteiger partial charge in [-0.05, 0) is 59.4 Å². The predicted octanol–water partition coefficient (Wildman–Crippen LogP) is 4.51. The Morgan fingerprint density at radius 2 is 2.07 bits per heavy atom. The van der Waals surface area contributed by atoms with Gasteiger partial charge in [0.2, 0.25) is 5.88 Å². The molecule has 0 aliphatic heterocycles. The Morgan fingerprint density at radius 1 is 1.44 bits per heavy atom. The number of pyridine rings is 1. The first-order valence-electron chi connectivity index (χ1n) is 9.19. The maximum absolute atomic E-state index is 11.7. The lowest BCUT2D eigenvalue weighted by Gasteiger charge is -2.42. The number of rotatable bonds is 5. The highest BCUT2D eigenvalue weighted by atomic mass is 35.5. The summed E-state index contributed by atoms with van der Waals surface area (Å²) in [6.07, 6.45) is 2.29. The molecule has 7 nitrogen and oxygen atoms in total. The molecule has 0 bridgehead atoms. The Hall–Kier alpha value is -2.20. The Balaban J connectivity index is 2.07. The number of nitrogens with zero attached hydrogens (tertiary/aromatic N) is 3. The summed E-state index contributed by atoms with van der Waals surface area (Å²) in [6.45, 7) is 7.99. The van der Waals surface area contributed by atoms with Crippen LogP contribution in [0, 0.1) is 11.3 Å². The normalized spacial score (nSPS) is 19.9. The van der Waals surface area contributed by atoms with E-state index >= 15 is 0 Å². The molecule has 1 aromatic rings. The molecule has 8 heteroatoms. The molecule has 0 radical (unpaired) electrons. The lowest BCUT2D eigenvalue weighted by atomic mass is 9.88. The van der Waals surface area contributed by atoms with Crippen molar-refractivity contribution in [3.05, 3.63) is 16.7 Å². The minimum Gasteiger partial charge on any atom is -0.477 e. The van der Waals surface area contributed by atoms with Gasteiger partial charge in [0.15, 0.2) is 0 Å². The fraction of sp³-hybridized carbons (Fsp3) is 0.632. The van der Waals surface area contributed by atoms with Crippen molar-refractivity contribution in [3.8, 4) is 11.9 Å². The second kappa shape index (κ2) is 8.66. The van der Waals surface area contributed by atoms with Gasteiger partial charge in [-0.25, -0.2) is 4.79 Å². The van der Waals surface area contributed by atoms with E-state index in [0.717, 1.165) is 25.7 Å². The van der Waals surface area contributed by atoms with Crippen molar-refractivity contribution < 1.29 is 14.6 Å². The third kappa shape index (κ3) is 5.16. The fourth-order valence-corrected chi connectivity index (χ4v) is 3.77. The molecule has 148 valence electrons. The van der Waals surface area contributed by atoms with E-state index in [-0.39, 0.29) is 18.0 Å². The number of amides is 1. The molecule has 1 heterocycles. The van der Waals surface area contributed by atoms with Crippen LogP contribution in [0.2, 0.25) is 5.02 Å². The first-order chi connectivity index (χ1) is 12.7. The van der Waals surface area contributed by atoms with Crippen LogP contribution in [-0.4, -0.2) is 45.3 Å². The molecule has 2 N–H and O–H groups in total. The van der Waals surface area contributed by atoms with E-state index in [1.807, 2.05) is 33.8 Å². The smallest absolute Gasteiger partial charge is 0.407 e.